The average molecular weight is 1460 g/mol. The van der Waals surface area contributed by atoms with Crippen molar-refractivity contribution in [2.45, 2.75) is 129 Å². The fourth-order valence-corrected chi connectivity index (χ4v) is 12.8. The van der Waals surface area contributed by atoms with Crippen molar-refractivity contribution in [3.63, 3.8) is 0 Å². The van der Waals surface area contributed by atoms with E-state index in [0.717, 1.165) is 246 Å². The lowest BCUT2D eigenvalue weighted by molar-refractivity contribution is -0.0000238. The van der Waals surface area contributed by atoms with Crippen molar-refractivity contribution in [1.82, 2.24) is 39.2 Å². The summed E-state index contributed by atoms with van der Waals surface area (Å²) in [6.07, 6.45) is 48.4. The van der Waals surface area contributed by atoms with E-state index in [0.29, 0.717) is 39.3 Å². The Hall–Kier alpha value is -7.87. The van der Waals surface area contributed by atoms with E-state index in [4.69, 9.17) is 28.4 Å². The molecule has 9 rings (SSSR count). The van der Waals surface area contributed by atoms with Crippen LogP contribution in [-0.2, 0) is 26.1 Å². The van der Waals surface area contributed by atoms with E-state index in [9.17, 15) is 10.2 Å². The van der Waals surface area contributed by atoms with Gasteiger partial charge in [-0.25, -0.2) is 0 Å². The smallest absolute Gasteiger partial charge is 0.137 e. The molecule has 4 aliphatic heterocycles. The molecule has 2 N–H and O–H groups in total. The Bertz CT molecular complexity index is 3430. The van der Waals surface area contributed by atoms with Crippen LogP contribution in [0.2, 0.25) is 0 Å². The van der Waals surface area contributed by atoms with Gasteiger partial charge in [-0.05, 0) is 140 Å². The third-order valence-corrected chi connectivity index (χ3v) is 18.4. The maximum absolute atomic E-state index is 9.82. The van der Waals surface area contributed by atoms with Gasteiger partial charge in [0.05, 0.1) is 86.1 Å². The highest BCUT2D eigenvalue weighted by Crippen LogP contribution is 2.40. The molecule has 0 spiro atoms. The summed E-state index contributed by atoms with van der Waals surface area (Å²) in [7, 11) is 11.9. The van der Waals surface area contributed by atoms with Crippen LogP contribution < -0.4 is 52.4 Å². The number of halogens is 1. The molecule has 4 aliphatic rings. The number of aliphatic hydroxyl groups is 2. The van der Waals surface area contributed by atoms with Crippen LogP contribution in [0, 0.1) is 0 Å². The van der Waals surface area contributed by atoms with Gasteiger partial charge in [0.2, 0.25) is 0 Å². The SMILES string of the molecule is COc1cc(/C=C/c2c(OCCCCCCN3C=CN(C)C3)ccc(/C=C/c3ccc(CO)cc3)c2OCCCCCCN2C=CN(C)C2)c(OC)c(CCc2cc(OCCCCCCN3C=CN(C)C3)c(/C=C/c3ccc(CO)cc3)cc2OCCCCCCN2C=CN(C)C2)c1.[I-]. The second kappa shape index (κ2) is 42.3. The first-order chi connectivity index (χ1) is 48.0. The van der Waals surface area contributed by atoms with Crippen LogP contribution in [0.15, 0.2) is 135 Å². The van der Waals surface area contributed by atoms with E-state index in [2.05, 4.69) is 184 Å². The van der Waals surface area contributed by atoms with Crippen molar-refractivity contribution < 1.29 is 62.6 Å². The molecule has 17 heteroatoms. The lowest BCUT2D eigenvalue weighted by Gasteiger charge is -2.19. The van der Waals surface area contributed by atoms with Crippen molar-refractivity contribution >= 4 is 36.5 Å². The predicted molar refractivity (Wildman–Crippen MR) is 401 cm³/mol. The molecule has 0 amide bonds. The molecular formula is C82H112IN8O8-. The Morgan fingerprint density at radius 2 is 0.768 bits per heavy atom. The van der Waals surface area contributed by atoms with E-state index in [1.54, 1.807) is 14.2 Å². The summed E-state index contributed by atoms with van der Waals surface area (Å²) in [6.45, 7) is 10.3. The summed E-state index contributed by atoms with van der Waals surface area (Å²) in [4.78, 5) is 18.3. The Morgan fingerprint density at radius 1 is 0.354 bits per heavy atom. The van der Waals surface area contributed by atoms with Crippen molar-refractivity contribution in [2.75, 3.05) is 122 Å². The topological polar surface area (TPSA) is 122 Å². The largest absolute Gasteiger partial charge is 1.00 e. The van der Waals surface area contributed by atoms with Gasteiger partial charge in [-0.15, -0.1) is 0 Å². The lowest BCUT2D eigenvalue weighted by Crippen LogP contribution is -3.00. The average Bonchev–Trinajstić information content (AvgIpc) is 1.76. The maximum atomic E-state index is 9.82. The number of aryl methyl sites for hydroxylation is 2. The van der Waals surface area contributed by atoms with Crippen LogP contribution in [0.5, 0.6) is 34.5 Å². The lowest BCUT2D eigenvalue weighted by atomic mass is 9.97. The second-order valence-electron chi connectivity index (χ2n) is 26.7. The zero-order chi connectivity index (χ0) is 68.5. The van der Waals surface area contributed by atoms with Gasteiger partial charge in [0.1, 0.15) is 34.5 Å². The number of hydrogen-bond donors (Lipinski definition) is 2. The summed E-state index contributed by atoms with van der Waals surface area (Å²) in [5.41, 5.74) is 9.49. The van der Waals surface area contributed by atoms with Crippen molar-refractivity contribution in [3.8, 4) is 34.5 Å². The maximum Gasteiger partial charge on any atom is 0.137 e. The number of hydrogen-bond acceptors (Lipinski definition) is 16. The molecule has 0 fully saturated rings. The van der Waals surface area contributed by atoms with Crippen LogP contribution in [0.1, 0.15) is 158 Å². The van der Waals surface area contributed by atoms with Gasteiger partial charge in [0.15, 0.2) is 0 Å². The van der Waals surface area contributed by atoms with E-state index in [1.165, 1.54) is 0 Å². The van der Waals surface area contributed by atoms with Crippen LogP contribution in [0.25, 0.3) is 36.5 Å². The first-order valence-electron chi connectivity index (χ1n) is 36.1. The summed E-state index contributed by atoms with van der Waals surface area (Å²) in [5, 5.41) is 19.6. The predicted octanol–water partition coefficient (Wildman–Crippen LogP) is 12.4. The van der Waals surface area contributed by atoms with Gasteiger partial charge >= 0.3 is 0 Å². The van der Waals surface area contributed by atoms with E-state index >= 15 is 0 Å². The van der Waals surface area contributed by atoms with Gasteiger partial charge in [-0.1, -0.05) is 130 Å². The fourth-order valence-electron chi connectivity index (χ4n) is 12.8. The number of nitrogens with zero attached hydrogens (tertiary/aromatic N) is 8. The molecule has 16 nitrogen and oxygen atoms in total. The highest BCUT2D eigenvalue weighted by atomic mass is 127. The number of methoxy groups -OCH3 is 2. The molecule has 99 heavy (non-hydrogen) atoms. The van der Waals surface area contributed by atoms with Crippen molar-refractivity contribution in [2.24, 2.45) is 0 Å². The molecular weight excluding hydrogens is 1350 g/mol. The Balaban J connectivity index is 0.0000125. The third-order valence-electron chi connectivity index (χ3n) is 18.4. The Kier molecular flexibility index (Phi) is 32.8. The summed E-state index contributed by atoms with van der Waals surface area (Å²) >= 11 is 0. The molecule has 536 valence electrons. The quantitative estimate of drug-likeness (QED) is 0.0218. The van der Waals surface area contributed by atoms with Crippen LogP contribution in [0.3, 0.4) is 0 Å². The van der Waals surface area contributed by atoms with E-state index < -0.39 is 0 Å². The molecule has 5 aromatic rings. The van der Waals surface area contributed by atoms with Crippen molar-refractivity contribution in [1.29, 1.82) is 0 Å². The number of unbranched alkanes of at least 4 members (excludes halogenated alkanes) is 12. The molecule has 0 saturated heterocycles. The van der Waals surface area contributed by atoms with Gasteiger partial charge in [0, 0.05) is 121 Å². The van der Waals surface area contributed by atoms with Gasteiger partial charge < -0.3 is 102 Å². The Morgan fingerprint density at radius 3 is 1.20 bits per heavy atom. The molecule has 0 saturated carbocycles. The molecule has 0 radical (unpaired) electrons. The van der Waals surface area contributed by atoms with Gasteiger partial charge in [-0.3, -0.25) is 0 Å². The van der Waals surface area contributed by atoms with Gasteiger partial charge in [-0.2, -0.15) is 0 Å². The molecule has 4 heterocycles. The molecule has 0 aliphatic carbocycles. The standard InChI is InChI=1S/C82H112N8O8.HI/c1-83-45-49-87(63-83)41-15-7-11-19-53-95-78-40-38-71(33-31-67-23-27-69(61-91)28-24-67)82(98-56-22-14-10-18-44-90-52-48-86(4)66-90)77(78)39-37-75-58-76(93-5)57-74(81(75)94-6)36-35-73-60-79(96-54-20-12-8-16-42-88-50-46-84(2)64-88)72(34-32-68-25-29-70(62-92)30-26-68)59-80(73)97-55-21-13-9-17-43-89-51-47-85(3)65-89;/h23-34,37-40,45-52,57-60,91-92H,7-22,35-36,41-44,53-56,61-66H2,1-6H3;1H/p-1/b33-31+,34-32+,39-37+;. The first kappa shape index (κ1) is 76.9. The van der Waals surface area contributed by atoms with Crippen LogP contribution >= 0.6 is 0 Å². The minimum atomic E-state index is -0.00364. The van der Waals surface area contributed by atoms with E-state index in [1.807, 2.05) is 54.6 Å². The number of aliphatic hydroxyl groups excluding tert-OH is 2. The summed E-state index contributed by atoms with van der Waals surface area (Å²) < 4.78 is 40.1. The monoisotopic (exact) mass is 1460 g/mol. The summed E-state index contributed by atoms with van der Waals surface area (Å²) in [5.74, 6) is 4.67. The third kappa shape index (κ3) is 25.7. The Labute approximate surface area is 609 Å². The van der Waals surface area contributed by atoms with E-state index in [-0.39, 0.29) is 37.2 Å². The zero-order valence-electron chi connectivity index (χ0n) is 60.1. The van der Waals surface area contributed by atoms with Crippen LogP contribution in [-0.4, -0.2) is 171 Å². The van der Waals surface area contributed by atoms with Crippen molar-refractivity contribution in [3.05, 3.63) is 190 Å². The van der Waals surface area contributed by atoms with Crippen LogP contribution in [0.4, 0.5) is 0 Å². The summed E-state index contributed by atoms with van der Waals surface area (Å²) in [6, 6.07) is 28.7. The number of rotatable bonds is 45. The minimum Gasteiger partial charge on any atom is -1.00 e. The molecule has 0 unspecified atom stereocenters. The molecule has 5 aromatic carbocycles. The molecule has 0 aromatic heterocycles. The highest BCUT2D eigenvalue weighted by Gasteiger charge is 2.20. The fraction of sp³-hybridized carbons (Fsp3) is 0.463. The van der Waals surface area contributed by atoms with Gasteiger partial charge in [0.25, 0.3) is 0 Å². The first-order valence-corrected chi connectivity index (χ1v) is 36.1. The number of benzene rings is 5. The zero-order valence-corrected chi connectivity index (χ0v) is 62.3. The second-order valence-corrected chi connectivity index (χ2v) is 26.7. The highest BCUT2D eigenvalue weighted by molar-refractivity contribution is 5.83. The minimum absolute atomic E-state index is 0. The number of ether oxygens (including phenoxy) is 6. The molecule has 0 bridgehead atoms. The normalized spacial score (nSPS) is 14.3. The molecule has 0 atom stereocenters.